The van der Waals surface area contributed by atoms with Crippen molar-refractivity contribution in [2.45, 2.75) is 32.4 Å². The van der Waals surface area contributed by atoms with Gasteiger partial charge in [-0.25, -0.2) is 4.79 Å². The van der Waals surface area contributed by atoms with E-state index >= 15 is 0 Å². The van der Waals surface area contributed by atoms with E-state index in [1.807, 2.05) is 6.92 Å². The maximum atomic E-state index is 10.9. The minimum absolute atomic E-state index is 0.106. The number of nitrogens with two attached hydrogens (primary N) is 1. The minimum Gasteiger partial charge on any atom is -0.493 e. The van der Waals surface area contributed by atoms with Gasteiger partial charge >= 0.3 is 5.97 Å². The minimum atomic E-state index is -1.05. The van der Waals surface area contributed by atoms with E-state index in [2.05, 4.69) is 0 Å². The quantitative estimate of drug-likeness (QED) is 0.837. The number of halogens is 1. The van der Waals surface area contributed by atoms with Gasteiger partial charge in [-0.1, -0.05) is 11.6 Å². The lowest BCUT2D eigenvalue weighted by Gasteiger charge is -2.19. The molecule has 1 aromatic carbocycles. The van der Waals surface area contributed by atoms with Crippen LogP contribution >= 0.6 is 11.6 Å². The summed E-state index contributed by atoms with van der Waals surface area (Å²) in [6, 6.07) is 3.18. The number of aliphatic carboxylic acids is 1. The van der Waals surface area contributed by atoms with E-state index < -0.39 is 12.1 Å². The summed E-state index contributed by atoms with van der Waals surface area (Å²) in [5.74, 6) is -0.279. The topological polar surface area (TPSA) is 81.8 Å². The lowest BCUT2D eigenvalue weighted by molar-refractivity contribution is -0.144. The van der Waals surface area contributed by atoms with Crippen molar-refractivity contribution in [3.8, 4) is 11.5 Å². The molecule has 0 saturated carbocycles. The van der Waals surface area contributed by atoms with Gasteiger partial charge in [-0.15, -0.1) is 0 Å². The number of carboxylic acid groups (broad SMARTS) is 1. The number of ether oxygens (including phenoxy) is 2. The molecule has 19 heavy (non-hydrogen) atoms. The van der Waals surface area contributed by atoms with Gasteiger partial charge in [0.05, 0.1) is 7.11 Å². The third kappa shape index (κ3) is 4.29. The van der Waals surface area contributed by atoms with Crippen LogP contribution in [0.4, 0.5) is 0 Å². The molecule has 1 aromatic rings. The highest BCUT2D eigenvalue weighted by Gasteiger charge is 2.20. The zero-order valence-corrected chi connectivity index (χ0v) is 11.9. The normalized spacial score (nSPS) is 13.7. The second-order valence-corrected chi connectivity index (χ2v) is 4.81. The van der Waals surface area contributed by atoms with Crippen molar-refractivity contribution >= 4 is 17.6 Å². The van der Waals surface area contributed by atoms with Crippen molar-refractivity contribution in [3.05, 3.63) is 22.7 Å². The molecule has 106 valence electrons. The molecule has 0 bridgehead atoms. The highest BCUT2D eigenvalue weighted by molar-refractivity contribution is 6.30. The number of rotatable bonds is 6. The van der Waals surface area contributed by atoms with Gasteiger partial charge in [0.2, 0.25) is 0 Å². The Bertz CT molecular complexity index is 462. The van der Waals surface area contributed by atoms with Gasteiger partial charge in [-0.3, -0.25) is 0 Å². The predicted molar refractivity (Wildman–Crippen MR) is 73.1 cm³/mol. The van der Waals surface area contributed by atoms with Crippen molar-refractivity contribution in [2.75, 3.05) is 7.11 Å². The molecular weight excluding hydrogens is 270 g/mol. The van der Waals surface area contributed by atoms with Crippen molar-refractivity contribution in [2.24, 2.45) is 5.73 Å². The molecule has 3 N–H and O–H groups in total. The van der Waals surface area contributed by atoms with Crippen LogP contribution in [0.3, 0.4) is 0 Å². The highest BCUT2D eigenvalue weighted by Crippen LogP contribution is 2.36. The van der Waals surface area contributed by atoms with Crippen LogP contribution in [0.1, 0.15) is 19.4 Å². The van der Waals surface area contributed by atoms with E-state index in [0.29, 0.717) is 22.9 Å². The van der Waals surface area contributed by atoms with E-state index in [-0.39, 0.29) is 6.04 Å². The fraction of sp³-hybridized carbons (Fsp3) is 0.462. The SMILES string of the molecule is COc1cc(Cl)cc(CC(C)N)c1OC(C)C(=O)O. The van der Waals surface area contributed by atoms with Crippen molar-refractivity contribution < 1.29 is 19.4 Å². The van der Waals surface area contributed by atoms with Gasteiger partial charge in [-0.05, 0) is 26.3 Å². The maximum Gasteiger partial charge on any atom is 0.344 e. The Morgan fingerprint density at radius 3 is 2.58 bits per heavy atom. The summed E-state index contributed by atoms with van der Waals surface area (Å²) >= 11 is 5.99. The van der Waals surface area contributed by atoms with E-state index in [1.54, 1.807) is 12.1 Å². The molecule has 1 rings (SSSR count). The van der Waals surface area contributed by atoms with Crippen LogP contribution in [0.5, 0.6) is 11.5 Å². The average Bonchev–Trinajstić information content (AvgIpc) is 2.30. The van der Waals surface area contributed by atoms with Crippen molar-refractivity contribution in [1.82, 2.24) is 0 Å². The fourth-order valence-electron chi connectivity index (χ4n) is 1.63. The number of carbonyl (C=O) groups is 1. The molecule has 0 aliphatic heterocycles. The number of hydrogen-bond donors (Lipinski definition) is 2. The van der Waals surface area contributed by atoms with Crippen LogP contribution in [-0.4, -0.2) is 30.3 Å². The zero-order chi connectivity index (χ0) is 14.6. The molecule has 0 spiro atoms. The third-order valence-corrected chi connectivity index (χ3v) is 2.72. The lowest BCUT2D eigenvalue weighted by Crippen LogP contribution is -2.25. The first-order valence-electron chi connectivity index (χ1n) is 5.86. The third-order valence-electron chi connectivity index (χ3n) is 2.50. The van der Waals surface area contributed by atoms with Gasteiger partial charge in [-0.2, -0.15) is 0 Å². The first-order valence-corrected chi connectivity index (χ1v) is 6.24. The first kappa shape index (κ1) is 15.6. The highest BCUT2D eigenvalue weighted by atomic mass is 35.5. The molecule has 0 fully saturated rings. The van der Waals surface area contributed by atoms with Crippen LogP contribution in [0.25, 0.3) is 0 Å². The Kier molecular flexibility index (Phi) is 5.44. The second kappa shape index (κ2) is 6.63. The van der Waals surface area contributed by atoms with Gasteiger partial charge in [0.15, 0.2) is 17.6 Å². The van der Waals surface area contributed by atoms with E-state index in [0.717, 1.165) is 5.56 Å². The standard InChI is InChI=1S/C13H18ClNO4/c1-7(15)4-9-5-10(14)6-11(18-3)12(9)19-8(2)13(16)17/h5-8H,4,15H2,1-3H3,(H,16,17). The Balaban J connectivity index is 3.19. The smallest absolute Gasteiger partial charge is 0.344 e. The summed E-state index contributed by atoms with van der Waals surface area (Å²) in [6.45, 7) is 3.30. The van der Waals surface area contributed by atoms with Crippen LogP contribution in [0, 0.1) is 0 Å². The molecule has 0 aliphatic carbocycles. The number of carboxylic acids is 1. The molecule has 2 atom stereocenters. The predicted octanol–water partition coefficient (Wildman–Crippen LogP) is 2.09. The van der Waals surface area contributed by atoms with Crippen molar-refractivity contribution in [3.63, 3.8) is 0 Å². The molecule has 0 amide bonds. The van der Waals surface area contributed by atoms with E-state index in [4.69, 9.17) is 31.9 Å². The summed E-state index contributed by atoms with van der Waals surface area (Å²) < 4.78 is 10.6. The lowest BCUT2D eigenvalue weighted by atomic mass is 10.1. The van der Waals surface area contributed by atoms with Crippen LogP contribution in [0.2, 0.25) is 5.02 Å². The van der Waals surface area contributed by atoms with Gasteiger partial charge in [0, 0.05) is 22.7 Å². The van der Waals surface area contributed by atoms with E-state index in [9.17, 15) is 4.79 Å². The summed E-state index contributed by atoms with van der Waals surface area (Å²) in [4.78, 5) is 10.9. The molecule has 0 aromatic heterocycles. The Morgan fingerprint density at radius 2 is 2.11 bits per heavy atom. The molecule has 6 heteroatoms. The summed E-state index contributed by atoms with van der Waals surface area (Å²) in [5, 5.41) is 9.41. The summed E-state index contributed by atoms with van der Waals surface area (Å²) in [5.41, 5.74) is 6.50. The molecule has 0 heterocycles. The molecule has 0 saturated heterocycles. The van der Waals surface area contributed by atoms with Gasteiger partial charge in [0.1, 0.15) is 0 Å². The largest absolute Gasteiger partial charge is 0.493 e. The summed E-state index contributed by atoms with van der Waals surface area (Å²) in [7, 11) is 1.47. The van der Waals surface area contributed by atoms with Gasteiger partial charge < -0.3 is 20.3 Å². The molecule has 5 nitrogen and oxygen atoms in total. The van der Waals surface area contributed by atoms with E-state index in [1.165, 1.54) is 14.0 Å². The van der Waals surface area contributed by atoms with Crippen LogP contribution in [-0.2, 0) is 11.2 Å². The Morgan fingerprint density at radius 1 is 1.47 bits per heavy atom. The monoisotopic (exact) mass is 287 g/mol. The number of benzene rings is 1. The summed E-state index contributed by atoms with van der Waals surface area (Å²) in [6.07, 6.45) is -0.472. The van der Waals surface area contributed by atoms with Crippen molar-refractivity contribution in [1.29, 1.82) is 0 Å². The molecule has 0 radical (unpaired) electrons. The fourth-order valence-corrected chi connectivity index (χ4v) is 1.86. The average molecular weight is 288 g/mol. The Labute approximate surface area is 117 Å². The zero-order valence-electron chi connectivity index (χ0n) is 11.1. The Hall–Kier alpha value is -1.46. The molecule has 0 aliphatic rings. The molecule has 2 unspecified atom stereocenters. The molecular formula is C13H18ClNO4. The second-order valence-electron chi connectivity index (χ2n) is 4.38. The van der Waals surface area contributed by atoms with Crippen LogP contribution in [0.15, 0.2) is 12.1 Å². The maximum absolute atomic E-state index is 10.9. The number of methoxy groups -OCH3 is 1. The van der Waals surface area contributed by atoms with Crippen LogP contribution < -0.4 is 15.2 Å². The van der Waals surface area contributed by atoms with Gasteiger partial charge in [0.25, 0.3) is 0 Å². The first-order chi connectivity index (χ1) is 8.85. The number of hydrogen-bond acceptors (Lipinski definition) is 4.